The number of nitrogens with zero attached hydrogens (tertiary/aromatic N) is 3. The third-order valence-electron chi connectivity index (χ3n) is 5.61. The first-order valence-corrected chi connectivity index (χ1v) is 9.24. The van der Waals surface area contributed by atoms with E-state index in [1.165, 1.54) is 4.90 Å². The molecule has 8 heteroatoms. The lowest BCUT2D eigenvalue weighted by Gasteiger charge is -2.38. The second-order valence-corrected chi connectivity index (χ2v) is 7.29. The van der Waals surface area contributed by atoms with Gasteiger partial charge in [0.25, 0.3) is 5.91 Å². The molecule has 1 spiro atoms. The Bertz CT molecular complexity index is 743. The number of rotatable bonds is 4. The van der Waals surface area contributed by atoms with Crippen LogP contribution in [-0.4, -0.2) is 70.0 Å². The van der Waals surface area contributed by atoms with Gasteiger partial charge in [-0.15, -0.1) is 0 Å². The predicted molar refractivity (Wildman–Crippen MR) is 96.4 cm³/mol. The molecule has 0 radical (unpaired) electrons. The van der Waals surface area contributed by atoms with E-state index < -0.39 is 12.0 Å². The molecule has 1 N–H and O–H groups in total. The highest BCUT2D eigenvalue weighted by atomic mass is 16.5. The summed E-state index contributed by atoms with van der Waals surface area (Å²) >= 11 is 0. The van der Waals surface area contributed by atoms with Gasteiger partial charge < -0.3 is 19.6 Å². The summed E-state index contributed by atoms with van der Waals surface area (Å²) in [6, 6.07) is 2.38. The molecule has 2 saturated heterocycles. The zero-order valence-electron chi connectivity index (χ0n) is 15.7. The lowest BCUT2D eigenvalue weighted by Crippen LogP contribution is -2.44. The Kier molecular flexibility index (Phi) is 5.34. The molecule has 0 saturated carbocycles. The number of carbonyl (C=O) groups is 3. The first-order valence-electron chi connectivity index (χ1n) is 9.24. The third kappa shape index (κ3) is 3.74. The van der Waals surface area contributed by atoms with Gasteiger partial charge in [0.05, 0.1) is 6.61 Å². The van der Waals surface area contributed by atoms with Crippen LogP contribution in [0.25, 0.3) is 0 Å². The van der Waals surface area contributed by atoms with Crippen LogP contribution in [0.3, 0.4) is 0 Å². The Hall–Kier alpha value is -2.64. The molecule has 3 heterocycles. The molecule has 0 aliphatic carbocycles. The van der Waals surface area contributed by atoms with E-state index in [1.807, 2.05) is 0 Å². The Morgan fingerprint density at radius 1 is 1.33 bits per heavy atom. The van der Waals surface area contributed by atoms with Crippen molar-refractivity contribution in [2.45, 2.75) is 39.2 Å². The summed E-state index contributed by atoms with van der Waals surface area (Å²) < 4.78 is 5.44. The zero-order valence-corrected chi connectivity index (χ0v) is 15.7. The van der Waals surface area contributed by atoms with Crippen LogP contribution in [0, 0.1) is 5.41 Å². The van der Waals surface area contributed by atoms with Gasteiger partial charge in [-0.25, -0.2) is 9.78 Å². The van der Waals surface area contributed by atoms with Crippen LogP contribution < -0.4 is 4.74 Å². The van der Waals surface area contributed by atoms with Crippen molar-refractivity contribution < 1.29 is 24.2 Å². The minimum atomic E-state index is -1.00. The van der Waals surface area contributed by atoms with Crippen LogP contribution >= 0.6 is 0 Å². The number of hydrogen-bond donors (Lipinski definition) is 1. The van der Waals surface area contributed by atoms with Crippen molar-refractivity contribution in [2.24, 2.45) is 5.41 Å². The summed E-state index contributed by atoms with van der Waals surface area (Å²) in [5.74, 6) is -1.12. The SMILES string of the molecule is CCOc1ncccc1C(=O)N1CC2(CCN(C(C)=O)CC2)C[C@@H]1C(=O)O. The van der Waals surface area contributed by atoms with Gasteiger partial charge in [0.15, 0.2) is 0 Å². The smallest absolute Gasteiger partial charge is 0.326 e. The van der Waals surface area contributed by atoms with E-state index in [-0.39, 0.29) is 28.7 Å². The molecule has 1 aromatic heterocycles. The highest BCUT2D eigenvalue weighted by Crippen LogP contribution is 2.44. The molecule has 3 rings (SSSR count). The maximum atomic E-state index is 13.1. The fourth-order valence-corrected chi connectivity index (χ4v) is 4.11. The summed E-state index contributed by atoms with van der Waals surface area (Å²) in [4.78, 5) is 43.9. The Labute approximate surface area is 158 Å². The van der Waals surface area contributed by atoms with Gasteiger partial charge in [-0.05, 0) is 43.7 Å². The summed E-state index contributed by atoms with van der Waals surface area (Å²) in [5.41, 5.74) is 0.0161. The molecule has 27 heavy (non-hydrogen) atoms. The average Bonchev–Trinajstić information content (AvgIpc) is 3.02. The normalized spacial score (nSPS) is 21.3. The third-order valence-corrected chi connectivity index (χ3v) is 5.61. The van der Waals surface area contributed by atoms with E-state index in [0.29, 0.717) is 45.5 Å². The van der Waals surface area contributed by atoms with E-state index in [1.54, 1.807) is 37.1 Å². The Morgan fingerprint density at radius 2 is 2.04 bits per heavy atom. The van der Waals surface area contributed by atoms with Crippen molar-refractivity contribution in [3.63, 3.8) is 0 Å². The van der Waals surface area contributed by atoms with Crippen LogP contribution in [0.2, 0.25) is 0 Å². The topological polar surface area (TPSA) is 100 Å². The molecular formula is C19H25N3O5. The molecule has 2 aliphatic heterocycles. The van der Waals surface area contributed by atoms with Crippen molar-refractivity contribution in [3.8, 4) is 5.88 Å². The minimum Gasteiger partial charge on any atom is -0.480 e. The van der Waals surface area contributed by atoms with Gasteiger partial charge in [-0.3, -0.25) is 9.59 Å². The zero-order chi connectivity index (χ0) is 19.6. The molecule has 146 valence electrons. The number of aromatic nitrogens is 1. The first-order chi connectivity index (χ1) is 12.9. The number of likely N-dealkylation sites (tertiary alicyclic amines) is 2. The van der Waals surface area contributed by atoms with Crippen molar-refractivity contribution in [2.75, 3.05) is 26.2 Å². The summed E-state index contributed by atoms with van der Waals surface area (Å²) in [5, 5.41) is 9.70. The first kappa shape index (κ1) is 19.1. The van der Waals surface area contributed by atoms with Crippen LogP contribution in [0.1, 0.15) is 43.5 Å². The molecular weight excluding hydrogens is 350 g/mol. The van der Waals surface area contributed by atoms with Crippen LogP contribution in [-0.2, 0) is 9.59 Å². The second-order valence-electron chi connectivity index (χ2n) is 7.29. The maximum Gasteiger partial charge on any atom is 0.326 e. The number of aliphatic carboxylic acids is 1. The maximum absolute atomic E-state index is 13.1. The Balaban J connectivity index is 1.83. The van der Waals surface area contributed by atoms with Crippen molar-refractivity contribution in [1.29, 1.82) is 0 Å². The van der Waals surface area contributed by atoms with Crippen LogP contribution in [0.15, 0.2) is 18.3 Å². The van der Waals surface area contributed by atoms with Crippen molar-refractivity contribution >= 4 is 17.8 Å². The quantitative estimate of drug-likeness (QED) is 0.854. The fourth-order valence-electron chi connectivity index (χ4n) is 4.11. The number of hydrogen-bond acceptors (Lipinski definition) is 5. The number of carboxylic acid groups (broad SMARTS) is 1. The minimum absolute atomic E-state index is 0.0299. The Morgan fingerprint density at radius 3 is 2.63 bits per heavy atom. The summed E-state index contributed by atoms with van der Waals surface area (Å²) in [6.45, 7) is 5.28. The second kappa shape index (κ2) is 7.54. The van der Waals surface area contributed by atoms with E-state index in [9.17, 15) is 19.5 Å². The summed E-state index contributed by atoms with van der Waals surface area (Å²) in [6.07, 6.45) is 3.35. The molecule has 2 amide bonds. The molecule has 0 unspecified atom stereocenters. The number of amides is 2. The van der Waals surface area contributed by atoms with Crippen LogP contribution in [0.4, 0.5) is 0 Å². The summed E-state index contributed by atoms with van der Waals surface area (Å²) in [7, 11) is 0. The van der Waals surface area contributed by atoms with Gasteiger partial charge in [-0.1, -0.05) is 0 Å². The van der Waals surface area contributed by atoms with E-state index in [4.69, 9.17) is 4.74 Å². The fraction of sp³-hybridized carbons (Fsp3) is 0.579. The number of carboxylic acids is 1. The lowest BCUT2D eigenvalue weighted by molar-refractivity contribution is -0.141. The predicted octanol–water partition coefficient (Wildman–Crippen LogP) is 1.41. The van der Waals surface area contributed by atoms with Crippen LogP contribution in [0.5, 0.6) is 5.88 Å². The van der Waals surface area contributed by atoms with E-state index in [0.717, 1.165) is 0 Å². The standard InChI is InChI=1S/C19H25N3O5/c1-3-27-16-14(5-4-8-20-16)17(24)22-12-19(11-15(22)18(25)26)6-9-21(10-7-19)13(2)23/h4-5,8,15H,3,6-7,9-12H2,1-2H3,(H,25,26)/t15-/m1/s1. The van der Waals surface area contributed by atoms with Gasteiger partial charge in [-0.2, -0.15) is 0 Å². The monoisotopic (exact) mass is 375 g/mol. The van der Waals surface area contributed by atoms with Gasteiger partial charge in [0.2, 0.25) is 11.8 Å². The number of piperidine rings is 1. The molecule has 8 nitrogen and oxygen atoms in total. The molecule has 2 aliphatic rings. The number of pyridine rings is 1. The van der Waals surface area contributed by atoms with Gasteiger partial charge in [0, 0.05) is 32.8 Å². The lowest BCUT2D eigenvalue weighted by atomic mass is 9.76. The van der Waals surface area contributed by atoms with Crippen molar-refractivity contribution in [3.05, 3.63) is 23.9 Å². The average molecular weight is 375 g/mol. The number of carbonyl (C=O) groups excluding carboxylic acids is 2. The largest absolute Gasteiger partial charge is 0.480 e. The van der Waals surface area contributed by atoms with Gasteiger partial charge >= 0.3 is 5.97 Å². The van der Waals surface area contributed by atoms with Crippen molar-refractivity contribution in [1.82, 2.24) is 14.8 Å². The number of ether oxygens (including phenoxy) is 1. The van der Waals surface area contributed by atoms with Gasteiger partial charge in [0.1, 0.15) is 11.6 Å². The highest BCUT2D eigenvalue weighted by Gasteiger charge is 2.50. The molecule has 1 aromatic rings. The van der Waals surface area contributed by atoms with E-state index >= 15 is 0 Å². The highest BCUT2D eigenvalue weighted by molar-refractivity contribution is 5.98. The molecule has 0 bridgehead atoms. The molecule has 1 atom stereocenters. The van der Waals surface area contributed by atoms with E-state index in [2.05, 4.69) is 4.98 Å². The molecule has 2 fully saturated rings. The molecule has 0 aromatic carbocycles.